The third kappa shape index (κ3) is 6.14. The Labute approximate surface area is 208 Å². The molecule has 0 saturated heterocycles. The first-order chi connectivity index (χ1) is 15.8. The summed E-state index contributed by atoms with van der Waals surface area (Å²) in [6, 6.07) is 24.6. The minimum atomic E-state index is -0.221. The summed E-state index contributed by atoms with van der Waals surface area (Å²) in [6.07, 6.45) is 1.96. The molecule has 1 fully saturated rings. The minimum absolute atomic E-state index is 0.0325. The van der Waals surface area contributed by atoms with E-state index in [1.165, 1.54) is 11.8 Å². The molecule has 0 unspecified atom stereocenters. The predicted octanol–water partition coefficient (Wildman–Crippen LogP) is 8.32. The fourth-order valence-corrected chi connectivity index (χ4v) is 5.04. The number of rotatable bonds is 8. The molecule has 170 valence electrons. The maximum Gasteiger partial charge on any atom is 0.310 e. The Morgan fingerprint density at radius 3 is 2.42 bits per heavy atom. The summed E-state index contributed by atoms with van der Waals surface area (Å²) in [5, 5.41) is 0.683. The van der Waals surface area contributed by atoms with Gasteiger partial charge >= 0.3 is 5.97 Å². The molecule has 0 aromatic heterocycles. The van der Waals surface area contributed by atoms with Crippen LogP contribution < -0.4 is 4.74 Å². The molecule has 0 heterocycles. The highest BCUT2D eigenvalue weighted by molar-refractivity contribution is 8.04. The molecule has 0 spiro atoms. The van der Waals surface area contributed by atoms with Gasteiger partial charge in [-0.25, -0.2) is 0 Å². The van der Waals surface area contributed by atoms with Crippen molar-refractivity contribution in [3.8, 4) is 11.5 Å². The Bertz CT molecular complexity index is 1140. The van der Waals surface area contributed by atoms with Gasteiger partial charge in [-0.05, 0) is 65.4 Å². The van der Waals surface area contributed by atoms with E-state index in [1.54, 1.807) is 0 Å². The highest BCUT2D eigenvalue weighted by Gasteiger charge is 2.61. The number of ether oxygens (including phenoxy) is 2. The lowest BCUT2D eigenvalue weighted by Crippen LogP contribution is -2.10. The highest BCUT2D eigenvalue weighted by atomic mass is 35.5. The monoisotopic (exact) mass is 498 g/mol. The molecule has 3 aromatic carbocycles. The number of carbonyl (C=O) groups excluding carboxylic acids is 1. The van der Waals surface area contributed by atoms with Crippen molar-refractivity contribution in [2.75, 3.05) is 0 Å². The lowest BCUT2D eigenvalue weighted by atomic mass is 10.1. The molecular formula is C27H24Cl2O3S. The van der Waals surface area contributed by atoms with Crippen molar-refractivity contribution in [1.29, 1.82) is 0 Å². The van der Waals surface area contributed by atoms with Crippen LogP contribution in [0.1, 0.15) is 19.4 Å². The molecule has 0 N–H and O–H groups in total. The van der Waals surface area contributed by atoms with Gasteiger partial charge in [0.15, 0.2) is 0 Å². The van der Waals surface area contributed by atoms with Crippen molar-refractivity contribution >= 4 is 40.9 Å². The number of hydrogen-bond donors (Lipinski definition) is 0. The number of hydrogen-bond acceptors (Lipinski definition) is 4. The van der Waals surface area contributed by atoms with Gasteiger partial charge in [0.05, 0.1) is 10.3 Å². The van der Waals surface area contributed by atoms with Crippen molar-refractivity contribution < 1.29 is 14.3 Å². The summed E-state index contributed by atoms with van der Waals surface area (Å²) in [5.41, 5.74) is 0.675. The molecule has 0 bridgehead atoms. The van der Waals surface area contributed by atoms with E-state index in [4.69, 9.17) is 32.7 Å². The van der Waals surface area contributed by atoms with E-state index in [-0.39, 0.29) is 29.8 Å². The lowest BCUT2D eigenvalue weighted by molar-refractivity contribution is -0.147. The van der Waals surface area contributed by atoms with Crippen molar-refractivity contribution in [3.63, 3.8) is 0 Å². The fraction of sp³-hybridized carbons (Fsp3) is 0.222. The van der Waals surface area contributed by atoms with Crippen LogP contribution in [-0.2, 0) is 16.1 Å². The summed E-state index contributed by atoms with van der Waals surface area (Å²) in [7, 11) is 0. The summed E-state index contributed by atoms with van der Waals surface area (Å²) < 4.78 is 12.1. The molecule has 0 amide bonds. The topological polar surface area (TPSA) is 35.5 Å². The molecule has 0 aliphatic heterocycles. The van der Waals surface area contributed by atoms with E-state index >= 15 is 0 Å². The summed E-state index contributed by atoms with van der Waals surface area (Å²) in [6.45, 7) is 4.32. The fourth-order valence-electron chi connectivity index (χ4n) is 3.80. The Balaban J connectivity index is 1.34. The summed E-state index contributed by atoms with van der Waals surface area (Å²) in [4.78, 5) is 13.8. The Kier molecular flexibility index (Phi) is 7.38. The smallest absolute Gasteiger partial charge is 0.310 e. The molecule has 3 nitrogen and oxygen atoms in total. The maximum absolute atomic E-state index is 12.8. The van der Waals surface area contributed by atoms with Crippen LogP contribution in [0.15, 0.2) is 94.2 Å². The molecule has 4 rings (SSSR count). The van der Waals surface area contributed by atoms with Gasteiger partial charge in [-0.15, -0.1) is 0 Å². The Morgan fingerprint density at radius 1 is 1.00 bits per heavy atom. The maximum atomic E-state index is 12.8. The molecule has 1 aliphatic rings. The molecule has 0 radical (unpaired) electrons. The van der Waals surface area contributed by atoms with Gasteiger partial charge in [0.25, 0.3) is 0 Å². The second-order valence-corrected chi connectivity index (χ2v) is 10.7. The third-order valence-electron chi connectivity index (χ3n) is 5.76. The quantitative estimate of drug-likeness (QED) is 0.231. The zero-order valence-corrected chi connectivity index (χ0v) is 20.7. The first-order valence-corrected chi connectivity index (χ1v) is 12.2. The molecule has 33 heavy (non-hydrogen) atoms. The largest absolute Gasteiger partial charge is 0.461 e. The zero-order chi connectivity index (χ0) is 23.4. The van der Waals surface area contributed by atoms with Gasteiger partial charge in [-0.3, -0.25) is 4.79 Å². The van der Waals surface area contributed by atoms with Crippen LogP contribution in [0.4, 0.5) is 0 Å². The van der Waals surface area contributed by atoms with E-state index in [2.05, 4.69) is 13.8 Å². The predicted molar refractivity (Wildman–Crippen MR) is 135 cm³/mol. The van der Waals surface area contributed by atoms with Crippen LogP contribution in [0.2, 0.25) is 5.02 Å². The summed E-state index contributed by atoms with van der Waals surface area (Å²) >= 11 is 13.9. The second kappa shape index (κ2) is 10.3. The first kappa shape index (κ1) is 23.7. The standard InChI is InChI=1S/C27H24Cl2O3S/c1-27(2)23(16-24(29)33-22-13-11-19(28)12-14-22)25(27)26(30)31-17-18-7-6-10-21(15-18)32-20-8-4-3-5-9-20/h3-16,23,25H,17H2,1-2H3/b24-16-/t23-,25-/m0/s1. The van der Waals surface area contributed by atoms with E-state index in [9.17, 15) is 4.79 Å². The van der Waals surface area contributed by atoms with Gasteiger partial charge in [0.1, 0.15) is 18.1 Å². The van der Waals surface area contributed by atoms with Gasteiger partial charge in [-0.2, -0.15) is 0 Å². The van der Waals surface area contributed by atoms with Crippen LogP contribution in [0, 0.1) is 17.3 Å². The second-order valence-electron chi connectivity index (χ2n) is 8.52. The molecule has 6 heteroatoms. The highest BCUT2D eigenvalue weighted by Crippen LogP contribution is 2.60. The van der Waals surface area contributed by atoms with Gasteiger partial charge in [-0.1, -0.05) is 85.2 Å². The number of halogens is 2. The van der Waals surface area contributed by atoms with Crippen LogP contribution in [0.5, 0.6) is 11.5 Å². The van der Waals surface area contributed by atoms with E-state index < -0.39 is 0 Å². The van der Waals surface area contributed by atoms with E-state index in [0.29, 0.717) is 15.1 Å². The number of allylic oxidation sites excluding steroid dienone is 1. The molecular weight excluding hydrogens is 475 g/mol. The number of para-hydroxylation sites is 1. The molecule has 2 atom stereocenters. The van der Waals surface area contributed by atoms with E-state index in [0.717, 1.165) is 16.2 Å². The normalized spacial score (nSPS) is 19.1. The average molecular weight is 499 g/mol. The average Bonchev–Trinajstić information content (AvgIpc) is 3.34. The van der Waals surface area contributed by atoms with Crippen molar-refractivity contribution in [3.05, 3.63) is 99.9 Å². The minimum Gasteiger partial charge on any atom is -0.461 e. The van der Waals surface area contributed by atoms with Gasteiger partial charge in [0, 0.05) is 9.92 Å². The summed E-state index contributed by atoms with van der Waals surface area (Å²) in [5.74, 6) is 1.06. The number of esters is 1. The van der Waals surface area contributed by atoms with Crippen LogP contribution in [-0.4, -0.2) is 5.97 Å². The lowest BCUT2D eigenvalue weighted by Gasteiger charge is -2.09. The number of thioether (sulfide) groups is 1. The zero-order valence-electron chi connectivity index (χ0n) is 18.3. The molecule has 1 saturated carbocycles. The number of carbonyl (C=O) groups is 1. The van der Waals surface area contributed by atoms with E-state index in [1.807, 2.05) is 84.9 Å². The van der Waals surface area contributed by atoms with Gasteiger partial charge in [0.2, 0.25) is 0 Å². The molecule has 3 aromatic rings. The van der Waals surface area contributed by atoms with Crippen molar-refractivity contribution in [2.45, 2.75) is 25.3 Å². The first-order valence-electron chi connectivity index (χ1n) is 10.6. The van der Waals surface area contributed by atoms with Crippen molar-refractivity contribution in [2.24, 2.45) is 17.3 Å². The van der Waals surface area contributed by atoms with Crippen LogP contribution in [0.3, 0.4) is 0 Å². The van der Waals surface area contributed by atoms with Gasteiger partial charge < -0.3 is 9.47 Å². The SMILES string of the molecule is CC1(C)[C@H](C(=O)OCc2cccc(Oc3ccccc3)c2)[C@@H]1/C=C(/Cl)Sc1ccc(Cl)cc1. The third-order valence-corrected chi connectivity index (χ3v) is 7.21. The van der Waals surface area contributed by atoms with Crippen LogP contribution in [0.25, 0.3) is 0 Å². The van der Waals surface area contributed by atoms with Crippen LogP contribution >= 0.6 is 35.0 Å². The van der Waals surface area contributed by atoms with Crippen molar-refractivity contribution in [1.82, 2.24) is 0 Å². The molecule has 1 aliphatic carbocycles. The Hall–Kier alpha value is -2.40. The Morgan fingerprint density at radius 2 is 1.70 bits per heavy atom. The number of benzene rings is 3.